The summed E-state index contributed by atoms with van der Waals surface area (Å²) >= 11 is 3.25. The summed E-state index contributed by atoms with van der Waals surface area (Å²) in [5.74, 6) is 0.455. The molecule has 0 amide bonds. The van der Waals surface area contributed by atoms with Crippen molar-refractivity contribution in [2.45, 2.75) is 18.9 Å². The van der Waals surface area contributed by atoms with E-state index in [4.69, 9.17) is 0 Å². The molecule has 5 heteroatoms. The van der Waals surface area contributed by atoms with Crippen molar-refractivity contribution in [1.29, 1.82) is 0 Å². The molecule has 0 N–H and O–H groups in total. The van der Waals surface area contributed by atoms with Crippen LogP contribution in [-0.2, 0) is 0 Å². The summed E-state index contributed by atoms with van der Waals surface area (Å²) in [6.07, 6.45) is 4.01. The van der Waals surface area contributed by atoms with Gasteiger partial charge < -0.3 is 4.57 Å². The predicted octanol–water partition coefficient (Wildman–Crippen LogP) is 3.18. The van der Waals surface area contributed by atoms with Crippen molar-refractivity contribution in [2.75, 3.05) is 0 Å². The van der Waals surface area contributed by atoms with E-state index in [2.05, 4.69) is 26.1 Å². The van der Waals surface area contributed by atoms with Gasteiger partial charge in [0.25, 0.3) is 0 Å². The van der Waals surface area contributed by atoms with Gasteiger partial charge in [-0.05, 0) is 40.9 Å². The van der Waals surface area contributed by atoms with Crippen LogP contribution in [0.1, 0.15) is 18.9 Å². The molecule has 82 valence electrons. The molecular weight excluding hydrogens is 273 g/mol. The summed E-state index contributed by atoms with van der Waals surface area (Å²) in [5.41, 5.74) is 0.754. The van der Waals surface area contributed by atoms with E-state index < -0.39 is 0 Å². The average Bonchev–Trinajstić information content (AvgIpc) is 3.01. The molecule has 0 saturated heterocycles. The van der Waals surface area contributed by atoms with Crippen molar-refractivity contribution in [1.82, 2.24) is 14.8 Å². The highest BCUT2D eigenvalue weighted by molar-refractivity contribution is 9.10. The summed E-state index contributed by atoms with van der Waals surface area (Å²) in [5, 5.41) is 7.97. The monoisotopic (exact) mass is 281 g/mol. The van der Waals surface area contributed by atoms with Gasteiger partial charge in [0.05, 0.1) is 4.47 Å². The zero-order valence-electron chi connectivity index (χ0n) is 8.40. The molecule has 1 aromatic carbocycles. The Kier molecular flexibility index (Phi) is 2.28. The Labute approximate surface area is 100 Å². The molecule has 1 aromatic heterocycles. The highest BCUT2D eigenvalue weighted by Crippen LogP contribution is 2.39. The highest BCUT2D eigenvalue weighted by atomic mass is 79.9. The van der Waals surface area contributed by atoms with Crippen LogP contribution in [0.3, 0.4) is 0 Å². The summed E-state index contributed by atoms with van der Waals surface area (Å²) in [4.78, 5) is 0. The average molecular weight is 282 g/mol. The second kappa shape index (κ2) is 3.66. The molecule has 16 heavy (non-hydrogen) atoms. The van der Waals surface area contributed by atoms with Gasteiger partial charge in [-0.3, -0.25) is 0 Å². The second-order valence-corrected chi connectivity index (χ2v) is 4.69. The maximum atomic E-state index is 13.4. The van der Waals surface area contributed by atoms with E-state index in [0.29, 0.717) is 10.5 Å². The number of halogens is 2. The molecule has 0 unspecified atom stereocenters. The standard InChI is InChI=1S/C11H9BrFN3/c12-10-8(2-1-3-9(10)13)11-15-14-6-16(11)7-4-5-7/h1-3,6-7H,4-5H2. The van der Waals surface area contributed by atoms with Gasteiger partial charge in [-0.1, -0.05) is 6.07 Å². The second-order valence-electron chi connectivity index (χ2n) is 3.89. The van der Waals surface area contributed by atoms with Gasteiger partial charge in [0.1, 0.15) is 12.1 Å². The summed E-state index contributed by atoms with van der Waals surface area (Å²) in [6, 6.07) is 5.43. The van der Waals surface area contributed by atoms with Gasteiger partial charge in [-0.25, -0.2) is 4.39 Å². The van der Waals surface area contributed by atoms with Crippen molar-refractivity contribution >= 4 is 15.9 Å². The van der Waals surface area contributed by atoms with Crippen LogP contribution in [-0.4, -0.2) is 14.8 Å². The first kappa shape index (κ1) is 9.96. The Balaban J connectivity index is 2.14. The minimum absolute atomic E-state index is 0.275. The predicted molar refractivity (Wildman–Crippen MR) is 61.4 cm³/mol. The van der Waals surface area contributed by atoms with Gasteiger partial charge in [0.2, 0.25) is 0 Å². The molecule has 1 aliphatic rings. The maximum Gasteiger partial charge on any atom is 0.165 e. The molecule has 1 heterocycles. The van der Waals surface area contributed by atoms with Crippen LogP contribution in [0.15, 0.2) is 29.0 Å². The molecule has 0 bridgehead atoms. The van der Waals surface area contributed by atoms with Crippen LogP contribution in [0.2, 0.25) is 0 Å². The summed E-state index contributed by atoms with van der Waals surface area (Å²) in [7, 11) is 0. The molecule has 1 aliphatic carbocycles. The first-order valence-electron chi connectivity index (χ1n) is 5.11. The number of hydrogen-bond acceptors (Lipinski definition) is 2. The van der Waals surface area contributed by atoms with Crippen molar-refractivity contribution in [3.8, 4) is 11.4 Å². The lowest BCUT2D eigenvalue weighted by atomic mass is 10.2. The van der Waals surface area contributed by atoms with Gasteiger partial charge in [-0.15, -0.1) is 10.2 Å². The van der Waals surface area contributed by atoms with Crippen LogP contribution in [0, 0.1) is 5.82 Å². The number of benzene rings is 1. The van der Waals surface area contributed by atoms with E-state index in [1.165, 1.54) is 6.07 Å². The summed E-state index contributed by atoms with van der Waals surface area (Å²) in [6.45, 7) is 0. The molecule has 1 fully saturated rings. The van der Waals surface area contributed by atoms with E-state index in [-0.39, 0.29) is 5.82 Å². The number of hydrogen-bond donors (Lipinski definition) is 0. The fourth-order valence-corrected chi connectivity index (χ4v) is 2.17. The molecule has 1 saturated carbocycles. The van der Waals surface area contributed by atoms with E-state index >= 15 is 0 Å². The fraction of sp³-hybridized carbons (Fsp3) is 0.273. The Bertz CT molecular complexity index is 534. The van der Waals surface area contributed by atoms with Crippen LogP contribution in [0.5, 0.6) is 0 Å². The van der Waals surface area contributed by atoms with Crippen LogP contribution < -0.4 is 0 Å². The molecule has 3 nitrogen and oxygen atoms in total. The first-order valence-corrected chi connectivity index (χ1v) is 5.90. The number of rotatable bonds is 2. The van der Waals surface area contributed by atoms with Crippen LogP contribution in [0.4, 0.5) is 4.39 Å². The Morgan fingerprint density at radius 2 is 2.19 bits per heavy atom. The van der Waals surface area contributed by atoms with E-state index in [1.807, 2.05) is 10.6 Å². The first-order chi connectivity index (χ1) is 7.77. The van der Waals surface area contributed by atoms with Crippen LogP contribution >= 0.6 is 15.9 Å². The lowest BCUT2D eigenvalue weighted by molar-refractivity contribution is 0.621. The fourth-order valence-electron chi connectivity index (χ4n) is 1.73. The minimum Gasteiger partial charge on any atom is -0.310 e. The SMILES string of the molecule is Fc1cccc(-c2nncn2C2CC2)c1Br. The normalized spacial score (nSPS) is 15.4. The third-order valence-corrected chi connectivity index (χ3v) is 3.51. The van der Waals surface area contributed by atoms with Gasteiger partial charge >= 0.3 is 0 Å². The minimum atomic E-state index is -0.275. The van der Waals surface area contributed by atoms with Crippen molar-refractivity contribution in [3.05, 3.63) is 34.8 Å². The Morgan fingerprint density at radius 1 is 1.38 bits per heavy atom. The van der Waals surface area contributed by atoms with E-state index in [0.717, 1.165) is 24.2 Å². The van der Waals surface area contributed by atoms with Crippen molar-refractivity contribution < 1.29 is 4.39 Å². The zero-order valence-corrected chi connectivity index (χ0v) is 9.98. The molecule has 2 aromatic rings. The molecule has 3 rings (SSSR count). The molecule has 0 spiro atoms. The molecule has 0 aliphatic heterocycles. The number of nitrogens with zero attached hydrogens (tertiary/aromatic N) is 3. The van der Waals surface area contributed by atoms with E-state index in [9.17, 15) is 4.39 Å². The van der Waals surface area contributed by atoms with Gasteiger partial charge in [0.15, 0.2) is 5.82 Å². The van der Waals surface area contributed by atoms with Gasteiger partial charge in [-0.2, -0.15) is 0 Å². The molecular formula is C11H9BrFN3. The Hall–Kier alpha value is -1.23. The lowest BCUT2D eigenvalue weighted by Gasteiger charge is -2.06. The lowest BCUT2D eigenvalue weighted by Crippen LogP contribution is -1.97. The topological polar surface area (TPSA) is 30.7 Å². The van der Waals surface area contributed by atoms with Gasteiger partial charge in [0, 0.05) is 11.6 Å². The van der Waals surface area contributed by atoms with Crippen LogP contribution in [0.25, 0.3) is 11.4 Å². The quantitative estimate of drug-likeness (QED) is 0.847. The van der Waals surface area contributed by atoms with Crippen molar-refractivity contribution in [3.63, 3.8) is 0 Å². The Morgan fingerprint density at radius 3 is 2.94 bits per heavy atom. The largest absolute Gasteiger partial charge is 0.310 e. The molecule has 0 radical (unpaired) electrons. The van der Waals surface area contributed by atoms with Crippen molar-refractivity contribution in [2.24, 2.45) is 0 Å². The highest BCUT2D eigenvalue weighted by Gasteiger charge is 2.27. The summed E-state index contributed by atoms with van der Waals surface area (Å²) < 4.78 is 15.9. The number of aromatic nitrogens is 3. The maximum absolute atomic E-state index is 13.4. The van der Waals surface area contributed by atoms with E-state index in [1.54, 1.807) is 12.4 Å². The molecule has 0 atom stereocenters. The zero-order chi connectivity index (χ0) is 11.1. The third kappa shape index (κ3) is 1.55. The third-order valence-electron chi connectivity index (χ3n) is 2.71. The smallest absolute Gasteiger partial charge is 0.165 e.